The molecule has 0 heterocycles. The van der Waals surface area contributed by atoms with Gasteiger partial charge in [-0.1, -0.05) is 6.58 Å². The first-order chi connectivity index (χ1) is 4.33. The van der Waals surface area contributed by atoms with Crippen molar-refractivity contribution in [2.45, 2.75) is 13.0 Å². The maximum atomic E-state index is 12.0. The third kappa shape index (κ3) is 4.64. The number of hydrogen-bond donors (Lipinski definition) is 2. The molecule has 0 bridgehead atoms. The second kappa shape index (κ2) is 3.25. The minimum atomic E-state index is -4.58. The second-order valence-electron chi connectivity index (χ2n) is 1.69. The number of phosphoric ester groups is 1. The highest BCUT2D eigenvalue weighted by Gasteiger charge is 2.20. The Balaban J connectivity index is 3.93. The number of halogens is 1. The molecule has 60 valence electrons. The summed E-state index contributed by atoms with van der Waals surface area (Å²) in [5, 5.41) is 0. The van der Waals surface area contributed by atoms with Gasteiger partial charge in [0.25, 0.3) is 0 Å². The highest BCUT2D eigenvalue weighted by Crippen LogP contribution is 2.38. The molecule has 1 unspecified atom stereocenters. The number of hydrogen-bond acceptors (Lipinski definition) is 2. The van der Waals surface area contributed by atoms with E-state index in [9.17, 15) is 8.96 Å². The maximum Gasteiger partial charge on any atom is 0.470 e. The molecule has 0 amide bonds. The van der Waals surface area contributed by atoms with Crippen LogP contribution in [0.1, 0.15) is 6.92 Å². The molecule has 0 aromatic heterocycles. The van der Waals surface area contributed by atoms with Gasteiger partial charge in [0, 0.05) is 0 Å². The van der Waals surface area contributed by atoms with E-state index in [-0.39, 0.29) is 0 Å². The van der Waals surface area contributed by atoms with Crippen LogP contribution in [0, 0.1) is 0 Å². The van der Waals surface area contributed by atoms with Gasteiger partial charge < -0.3 is 9.79 Å². The minimum absolute atomic E-state index is 0.914. The van der Waals surface area contributed by atoms with Gasteiger partial charge in [-0.2, -0.15) is 0 Å². The third-order valence-electron chi connectivity index (χ3n) is 0.737. The molecule has 0 rings (SSSR count). The first kappa shape index (κ1) is 9.78. The molecule has 1 atom stereocenters. The van der Waals surface area contributed by atoms with Crippen LogP contribution in [-0.2, 0) is 9.09 Å². The van der Waals surface area contributed by atoms with Crippen LogP contribution in [0.5, 0.6) is 0 Å². The highest BCUT2D eigenvalue weighted by atomic mass is 31.2. The lowest BCUT2D eigenvalue weighted by atomic mass is 10.4. The van der Waals surface area contributed by atoms with Crippen molar-refractivity contribution in [2.75, 3.05) is 0 Å². The Bertz CT molecular complexity index is 174. The van der Waals surface area contributed by atoms with E-state index in [4.69, 9.17) is 9.79 Å². The molecule has 6 heteroatoms. The van der Waals surface area contributed by atoms with Gasteiger partial charge in [-0.3, -0.25) is 4.52 Å². The van der Waals surface area contributed by atoms with E-state index < -0.39 is 19.8 Å². The van der Waals surface area contributed by atoms with Crippen LogP contribution < -0.4 is 0 Å². The quantitative estimate of drug-likeness (QED) is 0.619. The summed E-state index contributed by atoms with van der Waals surface area (Å²) < 4.78 is 25.9. The van der Waals surface area contributed by atoms with E-state index in [1.165, 1.54) is 0 Å². The zero-order valence-electron chi connectivity index (χ0n) is 5.32. The zero-order valence-corrected chi connectivity index (χ0v) is 6.21. The Morgan fingerprint density at radius 1 is 1.80 bits per heavy atom. The summed E-state index contributed by atoms with van der Waals surface area (Å²) in [4.78, 5) is 16.2. The largest absolute Gasteiger partial charge is 0.470 e. The normalized spacial score (nSPS) is 14.8. The second-order valence-corrected chi connectivity index (χ2v) is 2.88. The molecule has 2 N–H and O–H groups in total. The lowest BCUT2D eigenvalue weighted by molar-refractivity contribution is 0.150. The fourth-order valence-corrected chi connectivity index (χ4v) is 0.789. The van der Waals surface area contributed by atoms with Crippen molar-refractivity contribution in [1.29, 1.82) is 0 Å². The summed E-state index contributed by atoms with van der Waals surface area (Å²) in [6.45, 7) is 3.96. The lowest BCUT2D eigenvalue weighted by Crippen LogP contribution is -2.05. The molecule has 4 nitrogen and oxygen atoms in total. The van der Waals surface area contributed by atoms with Gasteiger partial charge >= 0.3 is 7.82 Å². The van der Waals surface area contributed by atoms with Crippen molar-refractivity contribution < 1.29 is 23.3 Å². The third-order valence-corrected chi connectivity index (χ3v) is 1.33. The molecule has 0 saturated carbocycles. The van der Waals surface area contributed by atoms with E-state index in [0.717, 1.165) is 6.92 Å². The van der Waals surface area contributed by atoms with Crippen molar-refractivity contribution in [2.24, 2.45) is 0 Å². The van der Waals surface area contributed by atoms with Crippen LogP contribution in [0.3, 0.4) is 0 Å². The number of rotatable bonds is 3. The topological polar surface area (TPSA) is 66.8 Å². The monoisotopic (exact) mass is 170 g/mol. The van der Waals surface area contributed by atoms with Gasteiger partial charge in [0.1, 0.15) is 11.9 Å². The van der Waals surface area contributed by atoms with Crippen molar-refractivity contribution >= 4 is 7.82 Å². The summed E-state index contributed by atoms with van der Waals surface area (Å²) in [7, 11) is -4.58. The van der Waals surface area contributed by atoms with E-state index in [0.29, 0.717) is 0 Å². The first-order valence-corrected chi connectivity index (χ1v) is 3.94. The lowest BCUT2D eigenvalue weighted by Gasteiger charge is -2.09. The minimum Gasteiger partial charge on any atom is -0.303 e. The Morgan fingerprint density at radius 3 is 2.30 bits per heavy atom. The van der Waals surface area contributed by atoms with Crippen molar-refractivity contribution in [3.63, 3.8) is 0 Å². The van der Waals surface area contributed by atoms with Crippen LogP contribution in [0.2, 0.25) is 0 Å². The summed E-state index contributed by atoms with van der Waals surface area (Å²) >= 11 is 0. The summed E-state index contributed by atoms with van der Waals surface area (Å²) in [5.74, 6) is -0.914. The Kier molecular flexibility index (Phi) is 3.18. The Labute approximate surface area is 57.6 Å². The van der Waals surface area contributed by atoms with E-state index in [1.807, 2.05) is 0 Å². The molecule has 0 radical (unpaired) electrons. The van der Waals surface area contributed by atoms with Crippen LogP contribution >= 0.6 is 7.82 Å². The summed E-state index contributed by atoms with van der Waals surface area (Å²) in [6, 6.07) is 0. The Morgan fingerprint density at radius 2 is 2.20 bits per heavy atom. The van der Waals surface area contributed by atoms with Crippen molar-refractivity contribution in [1.82, 2.24) is 0 Å². The highest BCUT2D eigenvalue weighted by molar-refractivity contribution is 7.46. The van der Waals surface area contributed by atoms with Crippen LogP contribution in [0.25, 0.3) is 0 Å². The van der Waals surface area contributed by atoms with Crippen molar-refractivity contribution in [3.8, 4) is 0 Å². The molecule has 0 aromatic carbocycles. The fourth-order valence-electron chi connectivity index (χ4n) is 0.263. The van der Waals surface area contributed by atoms with Crippen LogP contribution in [0.15, 0.2) is 12.4 Å². The molecule has 0 spiro atoms. The molecule has 10 heavy (non-hydrogen) atoms. The van der Waals surface area contributed by atoms with Gasteiger partial charge in [0.15, 0.2) is 0 Å². The SMILES string of the molecule is C=C(F)C(C)OP(=O)(O)O. The van der Waals surface area contributed by atoms with Gasteiger partial charge in [-0.25, -0.2) is 8.96 Å². The van der Waals surface area contributed by atoms with Gasteiger partial charge in [0.2, 0.25) is 0 Å². The van der Waals surface area contributed by atoms with Gasteiger partial charge in [-0.05, 0) is 6.92 Å². The van der Waals surface area contributed by atoms with E-state index >= 15 is 0 Å². The standard InChI is InChI=1S/C4H8FO4P/c1-3(5)4(2)9-10(6,7)8/h4H,1H2,2H3,(H2,6,7,8). The van der Waals surface area contributed by atoms with Crippen LogP contribution in [0.4, 0.5) is 4.39 Å². The van der Waals surface area contributed by atoms with Crippen LogP contribution in [-0.4, -0.2) is 15.9 Å². The summed E-state index contributed by atoms with van der Waals surface area (Å²) in [5.41, 5.74) is 0. The van der Waals surface area contributed by atoms with Crippen molar-refractivity contribution in [3.05, 3.63) is 12.4 Å². The maximum absolute atomic E-state index is 12.0. The molecule has 0 saturated heterocycles. The molecule has 0 aromatic rings. The zero-order chi connectivity index (χ0) is 8.36. The van der Waals surface area contributed by atoms with Gasteiger partial charge in [0.05, 0.1) is 0 Å². The molecule has 0 aliphatic carbocycles. The molecular weight excluding hydrogens is 162 g/mol. The molecule has 0 aliphatic heterocycles. The Hall–Kier alpha value is -0.220. The predicted octanol–water partition coefficient (Wildman–Crippen LogP) is 0.967. The predicted molar refractivity (Wildman–Crippen MR) is 32.8 cm³/mol. The van der Waals surface area contributed by atoms with Gasteiger partial charge in [-0.15, -0.1) is 0 Å². The smallest absolute Gasteiger partial charge is 0.303 e. The average molecular weight is 170 g/mol. The average Bonchev–Trinajstić information content (AvgIpc) is 1.60. The molecule has 0 aliphatic rings. The summed E-state index contributed by atoms with van der Waals surface area (Å²) in [6.07, 6.45) is -1.26. The molecular formula is C4H8FO4P. The van der Waals surface area contributed by atoms with E-state index in [1.54, 1.807) is 0 Å². The molecule has 0 fully saturated rings. The first-order valence-electron chi connectivity index (χ1n) is 2.41. The van der Waals surface area contributed by atoms with E-state index in [2.05, 4.69) is 11.1 Å². The fraction of sp³-hybridized carbons (Fsp3) is 0.500. The number of phosphoric acid groups is 1.